The second-order valence-electron chi connectivity index (χ2n) is 8.28. The molecule has 1 aliphatic heterocycles. The van der Waals surface area contributed by atoms with E-state index in [1.807, 2.05) is 0 Å². The number of hydrogen-bond donors (Lipinski definition) is 2. The largest absolute Gasteiger partial charge is 0.479 e. The van der Waals surface area contributed by atoms with Gasteiger partial charge >= 0.3 is 0 Å². The first kappa shape index (κ1) is 24.3. The van der Waals surface area contributed by atoms with Crippen molar-refractivity contribution in [1.29, 1.82) is 0 Å². The van der Waals surface area contributed by atoms with E-state index in [2.05, 4.69) is 27.1 Å². The molecular weight excluding hydrogens is 468 g/mol. The van der Waals surface area contributed by atoms with Gasteiger partial charge in [0.05, 0.1) is 6.20 Å². The molecule has 0 radical (unpaired) electrons. The number of carbonyl (C=O) groups is 1. The van der Waals surface area contributed by atoms with Crippen LogP contribution in [-0.4, -0.2) is 42.2 Å². The summed E-state index contributed by atoms with van der Waals surface area (Å²) in [7, 11) is 0. The van der Waals surface area contributed by atoms with Crippen LogP contribution < -0.4 is 15.8 Å². The number of anilines is 1. The van der Waals surface area contributed by atoms with Crippen LogP contribution in [0.1, 0.15) is 35.8 Å². The van der Waals surface area contributed by atoms with Gasteiger partial charge in [-0.1, -0.05) is 5.92 Å². The predicted octanol–water partition coefficient (Wildman–Crippen LogP) is 3.80. The Labute approximate surface area is 198 Å². The molecular formula is C24H22F4N4O3. The van der Waals surface area contributed by atoms with E-state index in [0.717, 1.165) is 6.07 Å². The molecule has 0 saturated heterocycles. The maximum atomic E-state index is 14.9. The van der Waals surface area contributed by atoms with Crippen molar-refractivity contribution in [2.75, 3.05) is 18.6 Å². The molecule has 1 aliphatic carbocycles. The highest BCUT2D eigenvalue weighted by Gasteiger charge is 2.60. The highest BCUT2D eigenvalue weighted by molar-refractivity contribution is 6.02. The van der Waals surface area contributed by atoms with Gasteiger partial charge in [-0.05, 0) is 37.3 Å². The topological polar surface area (TPSA) is 98.8 Å². The lowest BCUT2D eigenvalue weighted by Gasteiger charge is -2.40. The zero-order valence-electron chi connectivity index (χ0n) is 18.7. The van der Waals surface area contributed by atoms with E-state index in [-0.39, 0.29) is 23.6 Å². The van der Waals surface area contributed by atoms with Gasteiger partial charge in [-0.3, -0.25) is 4.79 Å². The quantitative estimate of drug-likeness (QED) is 0.474. The molecule has 3 atom stereocenters. The number of pyridine rings is 1. The number of rotatable bonds is 6. The Morgan fingerprint density at radius 2 is 2.11 bits per heavy atom. The van der Waals surface area contributed by atoms with Crippen LogP contribution in [0, 0.1) is 23.6 Å². The third-order valence-electron chi connectivity index (χ3n) is 6.01. The lowest BCUT2D eigenvalue weighted by Crippen LogP contribution is -2.48. The minimum absolute atomic E-state index is 0.0360. The van der Waals surface area contributed by atoms with Crippen LogP contribution in [-0.2, 0) is 10.3 Å². The lowest BCUT2D eigenvalue weighted by atomic mass is 9.76. The van der Waals surface area contributed by atoms with Crippen LogP contribution in [0.15, 0.2) is 41.5 Å². The first-order chi connectivity index (χ1) is 16.7. The molecule has 4 rings (SSSR count). The van der Waals surface area contributed by atoms with Gasteiger partial charge in [0.15, 0.2) is 0 Å². The van der Waals surface area contributed by atoms with Crippen molar-refractivity contribution in [3.63, 3.8) is 0 Å². The van der Waals surface area contributed by atoms with Gasteiger partial charge in [-0.2, -0.15) is 0 Å². The molecule has 2 heterocycles. The fourth-order valence-corrected chi connectivity index (χ4v) is 4.42. The normalized spacial score (nSPS) is 24.3. The monoisotopic (exact) mass is 490 g/mol. The van der Waals surface area contributed by atoms with Gasteiger partial charge in [0.1, 0.15) is 42.2 Å². The van der Waals surface area contributed by atoms with Crippen LogP contribution in [0.2, 0.25) is 0 Å². The van der Waals surface area contributed by atoms with Crippen molar-refractivity contribution in [2.45, 2.75) is 37.3 Å². The van der Waals surface area contributed by atoms with E-state index in [1.165, 1.54) is 30.5 Å². The van der Waals surface area contributed by atoms with E-state index in [4.69, 9.17) is 15.2 Å². The average molecular weight is 490 g/mol. The Hall–Kier alpha value is -3.81. The summed E-state index contributed by atoms with van der Waals surface area (Å²) in [4.78, 5) is 20.6. The van der Waals surface area contributed by atoms with Gasteiger partial charge < -0.3 is 20.5 Å². The van der Waals surface area contributed by atoms with Gasteiger partial charge in [0, 0.05) is 30.0 Å². The van der Waals surface area contributed by atoms with E-state index in [9.17, 15) is 22.4 Å². The van der Waals surface area contributed by atoms with Crippen molar-refractivity contribution in [3.05, 3.63) is 53.6 Å². The summed E-state index contributed by atoms with van der Waals surface area (Å²) < 4.78 is 68.3. The summed E-state index contributed by atoms with van der Waals surface area (Å²) in [5.74, 6) is 0.0391. The van der Waals surface area contributed by atoms with Crippen molar-refractivity contribution in [3.8, 4) is 17.6 Å². The molecule has 1 aromatic heterocycles. The number of halogens is 4. The molecule has 1 fully saturated rings. The van der Waals surface area contributed by atoms with E-state index in [1.54, 1.807) is 6.92 Å². The minimum Gasteiger partial charge on any atom is -0.479 e. The number of nitrogens with two attached hydrogens (primary N) is 1. The smallest absolute Gasteiger partial charge is 0.283 e. The van der Waals surface area contributed by atoms with Crippen molar-refractivity contribution in [1.82, 2.24) is 4.98 Å². The van der Waals surface area contributed by atoms with Gasteiger partial charge in [-0.15, -0.1) is 5.92 Å². The zero-order valence-corrected chi connectivity index (χ0v) is 18.7. The number of amides is 1. The molecule has 0 spiro atoms. The minimum atomic E-state index is -3.14. The number of fused-ring (bicyclic) bond motifs is 1. The standard InChI is InChI=1S/C24H22F4N4O3/c1-2-3-8-34-15-5-7-19(30-12-15)21(33)31-14-4-6-18(26)16(9-14)24(13-25)17-10-23(27,28)11-20(17)35-22(29)32-24/h4-7,9,12,17,20H,8,10-11,13H2,1H3,(H2,29,32)(H,31,33)/t17?,20-,24?/m0/s1. The van der Waals surface area contributed by atoms with Crippen LogP contribution >= 0.6 is 0 Å². The van der Waals surface area contributed by atoms with Crippen LogP contribution in [0.25, 0.3) is 0 Å². The Morgan fingerprint density at radius 3 is 2.80 bits per heavy atom. The molecule has 35 heavy (non-hydrogen) atoms. The third kappa shape index (κ3) is 4.87. The Bertz CT molecular complexity index is 1210. The molecule has 11 heteroatoms. The number of benzene rings is 1. The number of nitrogens with one attached hydrogen (secondary N) is 1. The molecule has 1 amide bonds. The summed E-state index contributed by atoms with van der Waals surface area (Å²) >= 11 is 0. The molecule has 2 aromatic rings. The summed E-state index contributed by atoms with van der Waals surface area (Å²) in [5.41, 5.74) is 3.48. The zero-order chi connectivity index (χ0) is 25.2. The SMILES string of the molecule is CC#CCOc1ccc(C(=O)Nc2ccc(F)c(C3(CF)N=C(N)O[C@H]4CC(F)(F)CC43)c2)nc1. The molecule has 7 nitrogen and oxygen atoms in total. The second kappa shape index (κ2) is 9.44. The number of alkyl halides is 3. The maximum absolute atomic E-state index is 14.9. The molecule has 1 aromatic carbocycles. The molecule has 1 saturated carbocycles. The Balaban J connectivity index is 1.60. The highest BCUT2D eigenvalue weighted by Crippen LogP contribution is 2.53. The number of aliphatic imine (C=N–C) groups is 1. The fraction of sp³-hybridized carbons (Fsp3) is 0.375. The summed E-state index contributed by atoms with van der Waals surface area (Å²) in [6.07, 6.45) is -1.19. The van der Waals surface area contributed by atoms with Crippen molar-refractivity contribution in [2.24, 2.45) is 16.6 Å². The first-order valence-corrected chi connectivity index (χ1v) is 10.7. The first-order valence-electron chi connectivity index (χ1n) is 10.7. The molecule has 3 N–H and O–H groups in total. The molecule has 184 valence electrons. The van der Waals surface area contributed by atoms with Gasteiger partial charge in [-0.25, -0.2) is 27.5 Å². The third-order valence-corrected chi connectivity index (χ3v) is 6.01. The molecule has 2 unspecified atom stereocenters. The predicted molar refractivity (Wildman–Crippen MR) is 119 cm³/mol. The fourth-order valence-electron chi connectivity index (χ4n) is 4.42. The number of carbonyl (C=O) groups excluding carboxylic acids is 1. The van der Waals surface area contributed by atoms with Crippen LogP contribution in [0.5, 0.6) is 5.75 Å². The number of ether oxygens (including phenoxy) is 2. The number of hydrogen-bond acceptors (Lipinski definition) is 6. The van der Waals surface area contributed by atoms with Crippen molar-refractivity contribution < 1.29 is 31.8 Å². The average Bonchev–Trinajstić information content (AvgIpc) is 3.14. The lowest BCUT2D eigenvalue weighted by molar-refractivity contribution is -0.00299. The van der Waals surface area contributed by atoms with Gasteiger partial charge in [0.2, 0.25) is 0 Å². The van der Waals surface area contributed by atoms with Crippen LogP contribution in [0.3, 0.4) is 0 Å². The number of amidine groups is 1. The van der Waals surface area contributed by atoms with Crippen LogP contribution in [0.4, 0.5) is 23.2 Å². The van der Waals surface area contributed by atoms with Gasteiger partial charge in [0.25, 0.3) is 17.9 Å². The second-order valence-corrected chi connectivity index (χ2v) is 8.28. The summed E-state index contributed by atoms with van der Waals surface area (Å²) in [6.45, 7) is 0.564. The molecule has 0 bridgehead atoms. The number of aromatic nitrogens is 1. The summed E-state index contributed by atoms with van der Waals surface area (Å²) in [5, 5.41) is 2.55. The number of nitrogens with zero attached hydrogens (tertiary/aromatic N) is 2. The van der Waals surface area contributed by atoms with E-state index < -0.39 is 60.7 Å². The summed E-state index contributed by atoms with van der Waals surface area (Å²) in [6, 6.07) is 5.90. The van der Waals surface area contributed by atoms with Crippen molar-refractivity contribution >= 4 is 17.6 Å². The maximum Gasteiger partial charge on any atom is 0.283 e. The van der Waals surface area contributed by atoms with E-state index >= 15 is 0 Å². The Morgan fingerprint density at radius 1 is 1.31 bits per heavy atom. The van der Waals surface area contributed by atoms with E-state index in [0.29, 0.717) is 5.75 Å². The Kier molecular flexibility index (Phi) is 6.56. The molecule has 2 aliphatic rings. The highest BCUT2D eigenvalue weighted by atomic mass is 19.3.